The lowest BCUT2D eigenvalue weighted by atomic mass is 10.1. The number of anilines is 1. The van der Waals surface area contributed by atoms with Crippen molar-refractivity contribution in [3.05, 3.63) is 23.8 Å². The number of aliphatic hydroxyl groups excluding tert-OH is 2. The Morgan fingerprint density at radius 1 is 1.31 bits per heavy atom. The number of fused-ring (bicyclic) bond motifs is 1. The van der Waals surface area contributed by atoms with Gasteiger partial charge in [0.2, 0.25) is 0 Å². The van der Waals surface area contributed by atoms with E-state index in [1.54, 1.807) is 0 Å². The van der Waals surface area contributed by atoms with Crippen LogP contribution in [0.3, 0.4) is 0 Å². The maximum absolute atomic E-state index is 8.98. The minimum atomic E-state index is -0.303. The van der Waals surface area contributed by atoms with Gasteiger partial charge in [-0.05, 0) is 36.6 Å². The highest BCUT2D eigenvalue weighted by Gasteiger charge is 2.12. The molecule has 0 aromatic heterocycles. The van der Waals surface area contributed by atoms with Crippen LogP contribution in [0.15, 0.2) is 18.2 Å². The molecule has 16 heavy (non-hydrogen) atoms. The highest BCUT2D eigenvalue weighted by atomic mass is 16.5. The van der Waals surface area contributed by atoms with Crippen LogP contribution in [0.1, 0.15) is 12.0 Å². The van der Waals surface area contributed by atoms with E-state index < -0.39 is 0 Å². The molecule has 88 valence electrons. The smallest absolute Gasteiger partial charge is 0.122 e. The van der Waals surface area contributed by atoms with Crippen molar-refractivity contribution in [2.24, 2.45) is 0 Å². The van der Waals surface area contributed by atoms with Gasteiger partial charge >= 0.3 is 0 Å². The second kappa shape index (κ2) is 5.18. The Kier molecular flexibility index (Phi) is 3.64. The van der Waals surface area contributed by atoms with E-state index >= 15 is 0 Å². The summed E-state index contributed by atoms with van der Waals surface area (Å²) in [6, 6.07) is 5.56. The van der Waals surface area contributed by atoms with Crippen LogP contribution in [0.4, 0.5) is 5.69 Å². The van der Waals surface area contributed by atoms with Crippen molar-refractivity contribution in [1.29, 1.82) is 0 Å². The third-order valence-electron chi connectivity index (χ3n) is 2.72. The van der Waals surface area contributed by atoms with Crippen molar-refractivity contribution in [1.82, 2.24) is 0 Å². The third-order valence-corrected chi connectivity index (χ3v) is 2.72. The van der Waals surface area contributed by atoms with Crippen LogP contribution in [-0.4, -0.2) is 36.1 Å². The lowest BCUT2D eigenvalue weighted by Crippen LogP contribution is -2.27. The van der Waals surface area contributed by atoms with Gasteiger partial charge in [0.25, 0.3) is 0 Å². The number of hydrogen-bond donors (Lipinski definition) is 3. The van der Waals surface area contributed by atoms with Gasteiger partial charge in [0.15, 0.2) is 0 Å². The summed E-state index contributed by atoms with van der Waals surface area (Å²) >= 11 is 0. The van der Waals surface area contributed by atoms with E-state index in [1.807, 2.05) is 18.2 Å². The molecular formula is C12H17NO3. The summed E-state index contributed by atoms with van der Waals surface area (Å²) in [4.78, 5) is 0. The fourth-order valence-electron chi connectivity index (χ4n) is 1.83. The van der Waals surface area contributed by atoms with E-state index in [1.165, 1.54) is 5.56 Å². The van der Waals surface area contributed by atoms with E-state index in [9.17, 15) is 0 Å². The van der Waals surface area contributed by atoms with Crippen molar-refractivity contribution in [2.75, 3.05) is 25.1 Å². The standard InChI is InChI=1S/C12H17NO3/c14-7-11(8-15)13-10-3-4-12-9(6-10)2-1-5-16-12/h3-4,6,11,13-15H,1-2,5,7-8H2. The first-order valence-electron chi connectivity index (χ1n) is 5.57. The van der Waals surface area contributed by atoms with Crippen LogP contribution < -0.4 is 10.1 Å². The van der Waals surface area contributed by atoms with Gasteiger partial charge in [-0.1, -0.05) is 0 Å². The van der Waals surface area contributed by atoms with Crippen molar-refractivity contribution < 1.29 is 14.9 Å². The largest absolute Gasteiger partial charge is 0.493 e. The molecule has 1 aliphatic heterocycles. The zero-order chi connectivity index (χ0) is 11.4. The van der Waals surface area contributed by atoms with Gasteiger partial charge in [0.05, 0.1) is 25.9 Å². The molecule has 1 heterocycles. The van der Waals surface area contributed by atoms with Gasteiger partial charge in [-0.2, -0.15) is 0 Å². The highest BCUT2D eigenvalue weighted by Crippen LogP contribution is 2.27. The van der Waals surface area contributed by atoms with E-state index in [2.05, 4.69) is 5.32 Å². The molecule has 4 heteroatoms. The summed E-state index contributed by atoms with van der Waals surface area (Å²) in [5.41, 5.74) is 2.10. The maximum atomic E-state index is 8.98. The summed E-state index contributed by atoms with van der Waals surface area (Å²) in [5.74, 6) is 0.946. The summed E-state index contributed by atoms with van der Waals surface area (Å²) in [6.45, 7) is 0.629. The Hall–Kier alpha value is -1.26. The maximum Gasteiger partial charge on any atom is 0.122 e. The molecule has 2 rings (SSSR count). The summed E-state index contributed by atoms with van der Waals surface area (Å²) in [5, 5.41) is 21.0. The Labute approximate surface area is 94.9 Å². The monoisotopic (exact) mass is 223 g/mol. The summed E-state index contributed by atoms with van der Waals surface area (Å²) in [6.07, 6.45) is 2.06. The number of ether oxygens (including phenoxy) is 1. The highest BCUT2D eigenvalue weighted by molar-refractivity contribution is 5.52. The molecule has 0 saturated carbocycles. The molecule has 0 atom stereocenters. The van der Waals surface area contributed by atoms with Crippen molar-refractivity contribution >= 4 is 5.69 Å². The van der Waals surface area contributed by atoms with Gasteiger partial charge in [-0.25, -0.2) is 0 Å². The molecule has 1 aliphatic rings. The van der Waals surface area contributed by atoms with E-state index in [0.717, 1.165) is 30.9 Å². The second-order valence-corrected chi connectivity index (χ2v) is 3.98. The van der Waals surface area contributed by atoms with Gasteiger partial charge in [-0.3, -0.25) is 0 Å². The number of aliphatic hydroxyl groups is 2. The molecule has 0 unspecified atom stereocenters. The van der Waals surface area contributed by atoms with Crippen LogP contribution in [0.2, 0.25) is 0 Å². The minimum Gasteiger partial charge on any atom is -0.493 e. The molecule has 0 spiro atoms. The van der Waals surface area contributed by atoms with Gasteiger partial charge in [-0.15, -0.1) is 0 Å². The van der Waals surface area contributed by atoms with Gasteiger partial charge in [0, 0.05) is 5.69 Å². The summed E-state index contributed by atoms with van der Waals surface area (Å²) in [7, 11) is 0. The molecule has 0 aliphatic carbocycles. The van der Waals surface area contributed by atoms with Gasteiger partial charge in [0.1, 0.15) is 5.75 Å². The molecule has 0 fully saturated rings. The topological polar surface area (TPSA) is 61.7 Å². The first kappa shape index (κ1) is 11.2. The average Bonchev–Trinajstić information content (AvgIpc) is 2.35. The predicted molar refractivity (Wildman–Crippen MR) is 61.8 cm³/mol. The zero-order valence-corrected chi connectivity index (χ0v) is 9.15. The fourth-order valence-corrected chi connectivity index (χ4v) is 1.83. The molecule has 0 amide bonds. The number of benzene rings is 1. The fraction of sp³-hybridized carbons (Fsp3) is 0.500. The second-order valence-electron chi connectivity index (χ2n) is 3.98. The molecule has 1 aromatic rings. The first-order valence-corrected chi connectivity index (χ1v) is 5.57. The predicted octanol–water partition coefficient (Wildman–Crippen LogP) is 0.777. The van der Waals surface area contributed by atoms with Crippen molar-refractivity contribution in [3.63, 3.8) is 0 Å². The normalized spacial score (nSPS) is 14.4. The van der Waals surface area contributed by atoms with Crippen LogP contribution in [0.25, 0.3) is 0 Å². The lowest BCUT2D eigenvalue weighted by molar-refractivity contribution is 0.204. The number of nitrogens with one attached hydrogen (secondary N) is 1. The number of rotatable bonds is 4. The number of hydrogen-bond acceptors (Lipinski definition) is 4. The number of aryl methyl sites for hydroxylation is 1. The Balaban J connectivity index is 2.10. The third kappa shape index (κ3) is 2.46. The van der Waals surface area contributed by atoms with E-state index in [4.69, 9.17) is 14.9 Å². The molecule has 0 bridgehead atoms. The summed E-state index contributed by atoms with van der Waals surface area (Å²) < 4.78 is 5.51. The SMILES string of the molecule is OCC(CO)Nc1ccc2c(c1)CCCO2. The van der Waals surface area contributed by atoms with Crippen LogP contribution in [0, 0.1) is 0 Å². The molecular weight excluding hydrogens is 206 g/mol. The van der Waals surface area contributed by atoms with Crippen LogP contribution in [-0.2, 0) is 6.42 Å². The molecule has 1 aromatic carbocycles. The van der Waals surface area contributed by atoms with E-state index in [-0.39, 0.29) is 19.3 Å². The lowest BCUT2D eigenvalue weighted by Gasteiger charge is -2.20. The van der Waals surface area contributed by atoms with Crippen molar-refractivity contribution in [3.8, 4) is 5.75 Å². The molecule has 3 N–H and O–H groups in total. The first-order chi connectivity index (χ1) is 7.83. The van der Waals surface area contributed by atoms with Crippen LogP contribution in [0.5, 0.6) is 5.75 Å². The van der Waals surface area contributed by atoms with Gasteiger partial charge < -0.3 is 20.3 Å². The zero-order valence-electron chi connectivity index (χ0n) is 9.15. The molecule has 4 nitrogen and oxygen atoms in total. The molecule has 0 saturated heterocycles. The Morgan fingerprint density at radius 2 is 2.12 bits per heavy atom. The van der Waals surface area contributed by atoms with E-state index in [0.29, 0.717) is 0 Å². The quantitative estimate of drug-likeness (QED) is 0.706. The van der Waals surface area contributed by atoms with Crippen molar-refractivity contribution in [2.45, 2.75) is 18.9 Å². The average molecular weight is 223 g/mol. The minimum absolute atomic E-state index is 0.0793. The van der Waals surface area contributed by atoms with Crippen LogP contribution >= 0.6 is 0 Å². The Morgan fingerprint density at radius 3 is 2.88 bits per heavy atom. The Bertz CT molecular complexity index is 350. The molecule has 0 radical (unpaired) electrons.